The van der Waals surface area contributed by atoms with Crippen molar-refractivity contribution in [3.8, 4) is 0 Å². The Morgan fingerprint density at radius 3 is 2.46 bits per heavy atom. The molecule has 0 aliphatic carbocycles. The number of rotatable bonds is 10. The van der Waals surface area contributed by atoms with Crippen LogP contribution in [0.2, 0.25) is 5.02 Å². The predicted molar refractivity (Wildman–Crippen MR) is 97.5 cm³/mol. The largest absolute Gasteiger partial charge is 0.356 e. The van der Waals surface area contributed by atoms with Crippen LogP contribution in [0.4, 0.5) is 0 Å². The summed E-state index contributed by atoms with van der Waals surface area (Å²) in [6, 6.07) is 7.09. The fourth-order valence-corrected chi connectivity index (χ4v) is 3.11. The van der Waals surface area contributed by atoms with E-state index in [0.29, 0.717) is 11.6 Å². The first-order valence-corrected chi connectivity index (χ1v) is 10.0. The number of benzene rings is 1. The molecule has 0 heterocycles. The SMILES string of the molecule is CN(C)CCCNC(=O)CCN(Cc1ccccc1Cl)S(C)(=O)=O. The van der Waals surface area contributed by atoms with E-state index < -0.39 is 10.0 Å². The van der Waals surface area contributed by atoms with Crippen LogP contribution in [-0.2, 0) is 21.4 Å². The highest BCUT2D eigenvalue weighted by molar-refractivity contribution is 7.88. The van der Waals surface area contributed by atoms with Gasteiger partial charge in [0.05, 0.1) is 6.26 Å². The van der Waals surface area contributed by atoms with Crippen LogP contribution in [0, 0.1) is 0 Å². The third-order valence-electron chi connectivity index (χ3n) is 3.47. The third-order valence-corrected chi connectivity index (χ3v) is 5.08. The lowest BCUT2D eigenvalue weighted by Crippen LogP contribution is -2.35. The zero-order valence-corrected chi connectivity index (χ0v) is 16.0. The third kappa shape index (κ3) is 8.10. The molecule has 1 aromatic carbocycles. The van der Waals surface area contributed by atoms with Gasteiger partial charge in [0.2, 0.25) is 15.9 Å². The van der Waals surface area contributed by atoms with E-state index in [1.807, 2.05) is 19.0 Å². The molecule has 136 valence electrons. The van der Waals surface area contributed by atoms with Crippen molar-refractivity contribution in [3.63, 3.8) is 0 Å². The fourth-order valence-electron chi connectivity index (χ4n) is 2.12. The van der Waals surface area contributed by atoms with Crippen LogP contribution in [0.5, 0.6) is 0 Å². The molecule has 0 aliphatic heterocycles. The van der Waals surface area contributed by atoms with Crippen molar-refractivity contribution < 1.29 is 13.2 Å². The molecule has 6 nitrogen and oxygen atoms in total. The van der Waals surface area contributed by atoms with E-state index in [9.17, 15) is 13.2 Å². The van der Waals surface area contributed by atoms with E-state index in [-0.39, 0.29) is 25.4 Å². The van der Waals surface area contributed by atoms with Gasteiger partial charge in [-0.3, -0.25) is 4.79 Å². The van der Waals surface area contributed by atoms with E-state index in [0.717, 1.165) is 24.8 Å². The van der Waals surface area contributed by atoms with Gasteiger partial charge in [-0.1, -0.05) is 29.8 Å². The Hall–Kier alpha value is -1.15. The number of carbonyl (C=O) groups is 1. The van der Waals surface area contributed by atoms with Crippen LogP contribution in [0.15, 0.2) is 24.3 Å². The quantitative estimate of drug-likeness (QED) is 0.630. The number of hydrogen-bond acceptors (Lipinski definition) is 4. The molecule has 0 fully saturated rings. The maximum absolute atomic E-state index is 11.9. The molecule has 1 aromatic rings. The molecule has 0 bridgehead atoms. The molecule has 1 amide bonds. The average Bonchev–Trinajstić information content (AvgIpc) is 2.48. The van der Waals surface area contributed by atoms with Gasteiger partial charge in [0, 0.05) is 31.1 Å². The lowest BCUT2D eigenvalue weighted by atomic mass is 10.2. The first-order chi connectivity index (χ1) is 11.2. The number of amides is 1. The van der Waals surface area contributed by atoms with E-state index in [2.05, 4.69) is 5.32 Å². The lowest BCUT2D eigenvalue weighted by molar-refractivity contribution is -0.121. The maximum atomic E-state index is 11.9. The molecule has 0 atom stereocenters. The zero-order chi connectivity index (χ0) is 18.2. The Kier molecular flexibility index (Phi) is 8.69. The molecule has 0 aromatic heterocycles. The summed E-state index contributed by atoms with van der Waals surface area (Å²) in [6.07, 6.45) is 2.12. The van der Waals surface area contributed by atoms with E-state index in [1.54, 1.807) is 24.3 Å². The lowest BCUT2D eigenvalue weighted by Gasteiger charge is -2.20. The second kappa shape index (κ2) is 9.98. The van der Waals surface area contributed by atoms with Crippen molar-refractivity contribution >= 4 is 27.5 Å². The predicted octanol–water partition coefficient (Wildman–Crippen LogP) is 1.56. The number of nitrogens with zero attached hydrogens (tertiary/aromatic N) is 2. The highest BCUT2D eigenvalue weighted by Crippen LogP contribution is 2.18. The van der Waals surface area contributed by atoms with E-state index in [1.165, 1.54) is 4.31 Å². The van der Waals surface area contributed by atoms with Gasteiger partial charge < -0.3 is 10.2 Å². The van der Waals surface area contributed by atoms with Gasteiger partial charge in [-0.15, -0.1) is 0 Å². The molecule has 0 radical (unpaired) electrons. The highest BCUT2D eigenvalue weighted by Gasteiger charge is 2.19. The average molecular weight is 376 g/mol. The summed E-state index contributed by atoms with van der Waals surface area (Å²) in [5.74, 6) is -0.151. The minimum Gasteiger partial charge on any atom is -0.356 e. The minimum absolute atomic E-state index is 0.124. The Morgan fingerprint density at radius 2 is 1.88 bits per heavy atom. The summed E-state index contributed by atoms with van der Waals surface area (Å²) < 4.78 is 25.2. The first kappa shape index (κ1) is 20.9. The van der Waals surface area contributed by atoms with Crippen molar-refractivity contribution in [3.05, 3.63) is 34.9 Å². The van der Waals surface area contributed by atoms with Gasteiger partial charge in [0.25, 0.3) is 0 Å². The highest BCUT2D eigenvalue weighted by atomic mass is 35.5. The normalized spacial score (nSPS) is 11.9. The molecule has 0 spiro atoms. The number of halogens is 1. The fraction of sp³-hybridized carbons (Fsp3) is 0.562. The van der Waals surface area contributed by atoms with E-state index >= 15 is 0 Å². The molecule has 1 rings (SSSR count). The van der Waals surface area contributed by atoms with Crippen LogP contribution in [0.3, 0.4) is 0 Å². The Balaban J connectivity index is 2.53. The summed E-state index contributed by atoms with van der Waals surface area (Å²) in [5.41, 5.74) is 0.719. The van der Waals surface area contributed by atoms with Crippen molar-refractivity contribution in [1.29, 1.82) is 0 Å². The monoisotopic (exact) mass is 375 g/mol. The number of sulfonamides is 1. The van der Waals surface area contributed by atoms with Gasteiger partial charge in [-0.2, -0.15) is 4.31 Å². The number of carbonyl (C=O) groups excluding carboxylic acids is 1. The second-order valence-corrected chi connectivity index (χ2v) is 8.33. The summed E-state index contributed by atoms with van der Waals surface area (Å²) in [4.78, 5) is 13.9. The van der Waals surface area contributed by atoms with Crippen LogP contribution in [-0.4, -0.2) is 63.5 Å². The van der Waals surface area contributed by atoms with Gasteiger partial charge in [0.15, 0.2) is 0 Å². The summed E-state index contributed by atoms with van der Waals surface area (Å²) >= 11 is 6.09. The van der Waals surface area contributed by atoms with Gasteiger partial charge in [-0.25, -0.2) is 8.42 Å². The molecule has 0 saturated carbocycles. The maximum Gasteiger partial charge on any atom is 0.221 e. The van der Waals surface area contributed by atoms with Crippen molar-refractivity contribution in [2.24, 2.45) is 0 Å². The molecule has 0 unspecified atom stereocenters. The molecular weight excluding hydrogens is 350 g/mol. The standard InChI is InChI=1S/C16H26ClN3O3S/c1-19(2)11-6-10-18-16(21)9-12-20(24(3,22)23)13-14-7-4-5-8-15(14)17/h4-5,7-8H,6,9-13H2,1-3H3,(H,18,21). The minimum atomic E-state index is -3.42. The van der Waals surface area contributed by atoms with Crippen LogP contribution in [0.1, 0.15) is 18.4 Å². The van der Waals surface area contributed by atoms with Gasteiger partial charge in [-0.05, 0) is 38.7 Å². The van der Waals surface area contributed by atoms with Gasteiger partial charge in [0.1, 0.15) is 0 Å². The Morgan fingerprint density at radius 1 is 1.21 bits per heavy atom. The molecular formula is C16H26ClN3O3S. The van der Waals surface area contributed by atoms with Crippen LogP contribution >= 0.6 is 11.6 Å². The summed E-state index contributed by atoms with van der Waals surface area (Å²) in [5, 5.41) is 3.32. The Bertz CT molecular complexity index is 635. The number of hydrogen-bond donors (Lipinski definition) is 1. The van der Waals surface area contributed by atoms with E-state index in [4.69, 9.17) is 11.6 Å². The smallest absolute Gasteiger partial charge is 0.221 e. The molecule has 0 saturated heterocycles. The second-order valence-electron chi connectivity index (χ2n) is 5.94. The summed E-state index contributed by atoms with van der Waals surface area (Å²) in [7, 11) is 0.522. The van der Waals surface area contributed by atoms with Crippen LogP contribution in [0.25, 0.3) is 0 Å². The molecule has 8 heteroatoms. The Labute approximate surface area is 149 Å². The molecule has 1 N–H and O–H groups in total. The number of nitrogens with one attached hydrogen (secondary N) is 1. The van der Waals surface area contributed by atoms with Crippen molar-refractivity contribution in [2.45, 2.75) is 19.4 Å². The first-order valence-electron chi connectivity index (χ1n) is 7.80. The van der Waals surface area contributed by atoms with Crippen molar-refractivity contribution in [1.82, 2.24) is 14.5 Å². The summed E-state index contributed by atoms with van der Waals surface area (Å²) in [6.45, 7) is 1.76. The molecule has 0 aliphatic rings. The van der Waals surface area contributed by atoms with Crippen LogP contribution < -0.4 is 5.32 Å². The van der Waals surface area contributed by atoms with Gasteiger partial charge >= 0.3 is 0 Å². The topological polar surface area (TPSA) is 69.7 Å². The van der Waals surface area contributed by atoms with Crippen molar-refractivity contribution in [2.75, 3.05) is 40.0 Å². The molecule has 24 heavy (non-hydrogen) atoms. The zero-order valence-electron chi connectivity index (χ0n) is 14.5.